The van der Waals surface area contributed by atoms with Crippen LogP contribution in [0.15, 0.2) is 42.7 Å². The molecule has 0 saturated heterocycles. The topological polar surface area (TPSA) is 86.2 Å². The number of aromatic nitrogens is 2. The van der Waals surface area contributed by atoms with Crippen molar-refractivity contribution in [2.75, 3.05) is 0 Å². The van der Waals surface area contributed by atoms with Crippen molar-refractivity contribution >= 4 is 11.9 Å². The maximum absolute atomic E-state index is 10.7. The number of hydrogen-bond acceptors (Lipinski definition) is 3. The van der Waals surface area contributed by atoms with Crippen LogP contribution in [-0.2, 0) is 22.7 Å². The molecule has 1 aromatic heterocycles. The summed E-state index contributed by atoms with van der Waals surface area (Å²) in [6, 6.07) is 9.46. The first kappa shape index (κ1) is 14.8. The van der Waals surface area contributed by atoms with Crippen LogP contribution in [0.25, 0.3) is 11.4 Å². The molecular formula is C15H16N2O4. The van der Waals surface area contributed by atoms with Crippen LogP contribution in [0.5, 0.6) is 0 Å². The van der Waals surface area contributed by atoms with E-state index in [0.717, 1.165) is 11.4 Å². The summed E-state index contributed by atoms with van der Waals surface area (Å²) in [6.07, 6.45) is 3.44. The SMILES string of the molecule is O=C([O-])CC[n+]1ccn(CCC(=O)O)c1-c1ccccc1. The van der Waals surface area contributed by atoms with Gasteiger partial charge in [0, 0.05) is 12.4 Å². The summed E-state index contributed by atoms with van der Waals surface area (Å²) in [5.74, 6) is -1.19. The summed E-state index contributed by atoms with van der Waals surface area (Å²) in [7, 11) is 0. The van der Waals surface area contributed by atoms with Crippen LogP contribution >= 0.6 is 0 Å². The number of carboxylic acids is 2. The molecule has 0 atom stereocenters. The first-order valence-electron chi connectivity index (χ1n) is 6.63. The minimum atomic E-state index is -1.11. The number of carbonyl (C=O) groups is 2. The van der Waals surface area contributed by atoms with Gasteiger partial charge in [-0.1, -0.05) is 18.2 Å². The van der Waals surface area contributed by atoms with Crippen molar-refractivity contribution in [2.45, 2.75) is 25.9 Å². The number of aliphatic carboxylic acids is 2. The van der Waals surface area contributed by atoms with Crippen LogP contribution in [0.2, 0.25) is 0 Å². The highest BCUT2D eigenvalue weighted by atomic mass is 16.4. The van der Waals surface area contributed by atoms with Crippen LogP contribution in [0.3, 0.4) is 0 Å². The van der Waals surface area contributed by atoms with Crippen LogP contribution in [0.1, 0.15) is 12.8 Å². The average Bonchev–Trinajstić information content (AvgIpc) is 2.86. The zero-order valence-electron chi connectivity index (χ0n) is 11.4. The summed E-state index contributed by atoms with van der Waals surface area (Å²) in [4.78, 5) is 21.4. The van der Waals surface area contributed by atoms with Gasteiger partial charge >= 0.3 is 5.97 Å². The molecule has 0 radical (unpaired) electrons. The molecule has 6 nitrogen and oxygen atoms in total. The van der Waals surface area contributed by atoms with Crippen LogP contribution in [0.4, 0.5) is 0 Å². The molecule has 1 N–H and O–H groups in total. The Labute approximate surface area is 121 Å². The molecule has 0 unspecified atom stereocenters. The van der Waals surface area contributed by atoms with Gasteiger partial charge in [-0.2, -0.15) is 0 Å². The maximum atomic E-state index is 10.7. The second kappa shape index (κ2) is 6.69. The lowest BCUT2D eigenvalue weighted by molar-refractivity contribution is -0.685. The molecular weight excluding hydrogens is 272 g/mol. The van der Waals surface area contributed by atoms with E-state index in [-0.39, 0.29) is 19.4 Å². The Morgan fingerprint density at radius 3 is 2.52 bits per heavy atom. The van der Waals surface area contributed by atoms with E-state index in [2.05, 4.69) is 0 Å². The molecule has 0 aliphatic carbocycles. The lowest BCUT2D eigenvalue weighted by atomic mass is 10.2. The van der Waals surface area contributed by atoms with E-state index in [1.165, 1.54) is 0 Å². The van der Waals surface area contributed by atoms with Gasteiger partial charge in [0.2, 0.25) is 0 Å². The fraction of sp³-hybridized carbons (Fsp3) is 0.267. The highest BCUT2D eigenvalue weighted by Crippen LogP contribution is 2.16. The molecule has 0 amide bonds. The van der Waals surface area contributed by atoms with E-state index in [9.17, 15) is 14.7 Å². The van der Waals surface area contributed by atoms with Crippen molar-refractivity contribution in [3.8, 4) is 11.4 Å². The number of hydrogen-bond donors (Lipinski definition) is 1. The van der Waals surface area contributed by atoms with Gasteiger partial charge in [0.25, 0.3) is 5.82 Å². The highest BCUT2D eigenvalue weighted by molar-refractivity contribution is 5.66. The van der Waals surface area contributed by atoms with Gasteiger partial charge in [-0.3, -0.25) is 4.79 Å². The Bertz CT molecular complexity index is 599. The summed E-state index contributed by atoms with van der Waals surface area (Å²) in [6.45, 7) is 0.616. The van der Waals surface area contributed by atoms with Crippen LogP contribution < -0.4 is 9.67 Å². The number of carboxylic acid groups (broad SMARTS) is 2. The number of imidazole rings is 1. The lowest BCUT2D eigenvalue weighted by Gasteiger charge is -2.05. The first-order valence-corrected chi connectivity index (χ1v) is 6.63. The van der Waals surface area contributed by atoms with Gasteiger partial charge in [-0.05, 0) is 12.1 Å². The van der Waals surface area contributed by atoms with Gasteiger partial charge < -0.3 is 15.0 Å². The van der Waals surface area contributed by atoms with Gasteiger partial charge in [0.15, 0.2) is 0 Å². The first-order chi connectivity index (χ1) is 10.1. The fourth-order valence-corrected chi connectivity index (χ4v) is 2.17. The molecule has 2 aromatic rings. The zero-order valence-corrected chi connectivity index (χ0v) is 11.4. The van der Waals surface area contributed by atoms with Gasteiger partial charge in [-0.25, -0.2) is 9.13 Å². The van der Waals surface area contributed by atoms with Crippen molar-refractivity contribution in [3.63, 3.8) is 0 Å². The number of benzene rings is 1. The van der Waals surface area contributed by atoms with E-state index in [0.29, 0.717) is 6.54 Å². The molecule has 6 heteroatoms. The van der Waals surface area contributed by atoms with E-state index >= 15 is 0 Å². The third-order valence-corrected chi connectivity index (χ3v) is 3.13. The molecule has 0 fully saturated rings. The minimum absolute atomic E-state index is 0.00893. The molecule has 1 heterocycles. The predicted molar refractivity (Wildman–Crippen MR) is 71.9 cm³/mol. The summed E-state index contributed by atoms with van der Waals surface area (Å²) in [5, 5.41) is 19.4. The minimum Gasteiger partial charge on any atom is -0.550 e. The number of nitrogens with zero attached hydrogens (tertiary/aromatic N) is 2. The summed E-state index contributed by atoms with van der Waals surface area (Å²) in [5.41, 5.74) is 0.909. The molecule has 1 aromatic carbocycles. The monoisotopic (exact) mass is 288 g/mol. The molecule has 0 saturated carbocycles. The normalized spacial score (nSPS) is 10.5. The molecule has 110 valence electrons. The van der Waals surface area contributed by atoms with E-state index in [1.807, 2.05) is 34.9 Å². The second-order valence-corrected chi connectivity index (χ2v) is 4.64. The largest absolute Gasteiger partial charge is 0.550 e. The predicted octanol–water partition coefficient (Wildman–Crippen LogP) is 0.0573. The number of carbonyl (C=O) groups excluding carboxylic acids is 1. The quantitative estimate of drug-likeness (QED) is 0.730. The molecule has 0 spiro atoms. The molecule has 0 aliphatic heterocycles. The molecule has 0 bridgehead atoms. The summed E-state index contributed by atoms with van der Waals surface area (Å²) < 4.78 is 3.62. The fourth-order valence-electron chi connectivity index (χ4n) is 2.17. The Balaban J connectivity index is 2.33. The van der Waals surface area contributed by atoms with Crippen LogP contribution in [-0.4, -0.2) is 21.6 Å². The van der Waals surface area contributed by atoms with Crippen LogP contribution in [0, 0.1) is 0 Å². The van der Waals surface area contributed by atoms with Gasteiger partial charge in [-0.15, -0.1) is 0 Å². The van der Waals surface area contributed by atoms with Crippen molar-refractivity contribution in [1.82, 2.24) is 4.57 Å². The van der Waals surface area contributed by atoms with Gasteiger partial charge in [0.1, 0.15) is 18.9 Å². The summed E-state index contributed by atoms with van der Waals surface area (Å²) >= 11 is 0. The Hall–Kier alpha value is -2.63. The maximum Gasteiger partial charge on any atom is 0.307 e. The zero-order chi connectivity index (χ0) is 15.2. The van der Waals surface area contributed by atoms with E-state index in [1.54, 1.807) is 17.0 Å². The van der Waals surface area contributed by atoms with Gasteiger partial charge in [0.05, 0.1) is 18.5 Å². The van der Waals surface area contributed by atoms with Crippen molar-refractivity contribution < 1.29 is 24.4 Å². The Kier molecular flexibility index (Phi) is 4.71. The highest BCUT2D eigenvalue weighted by Gasteiger charge is 2.19. The Morgan fingerprint density at radius 1 is 1.19 bits per heavy atom. The third-order valence-electron chi connectivity index (χ3n) is 3.13. The smallest absolute Gasteiger partial charge is 0.307 e. The third kappa shape index (κ3) is 3.92. The van der Waals surface area contributed by atoms with Crippen molar-refractivity contribution in [1.29, 1.82) is 0 Å². The average molecular weight is 288 g/mol. The van der Waals surface area contributed by atoms with E-state index < -0.39 is 11.9 Å². The van der Waals surface area contributed by atoms with E-state index in [4.69, 9.17) is 5.11 Å². The van der Waals surface area contributed by atoms with Crippen molar-refractivity contribution in [3.05, 3.63) is 42.7 Å². The standard InChI is InChI=1S/C15H16N2O4/c18-13(19)6-8-16-10-11-17(9-7-14(20)21)15(16)12-4-2-1-3-5-12/h1-5,10-11H,6-9H2,(H-,18,19,20,21). The molecule has 0 aliphatic rings. The molecule has 2 rings (SSSR count). The Morgan fingerprint density at radius 2 is 1.90 bits per heavy atom. The second-order valence-electron chi connectivity index (χ2n) is 4.64. The lowest BCUT2D eigenvalue weighted by Crippen LogP contribution is -2.38. The number of aryl methyl sites for hydroxylation is 2. The van der Waals surface area contributed by atoms with Crippen molar-refractivity contribution in [2.24, 2.45) is 0 Å². The number of rotatable bonds is 7. The molecule has 21 heavy (non-hydrogen) atoms.